The van der Waals surface area contributed by atoms with Gasteiger partial charge in [-0.25, -0.2) is 9.97 Å². The zero-order chi connectivity index (χ0) is 24.7. The fourth-order valence-electron chi connectivity index (χ4n) is 5.01. The van der Waals surface area contributed by atoms with Gasteiger partial charge in [0.2, 0.25) is 0 Å². The molecule has 1 fully saturated rings. The van der Waals surface area contributed by atoms with Crippen molar-refractivity contribution in [3.63, 3.8) is 0 Å². The summed E-state index contributed by atoms with van der Waals surface area (Å²) in [5.74, 6) is 1.95. The highest BCUT2D eigenvalue weighted by Gasteiger charge is 2.27. The number of hydrogen-bond acceptors (Lipinski definition) is 4. The van der Waals surface area contributed by atoms with Gasteiger partial charge in [0, 0.05) is 18.0 Å². The molecule has 0 unspecified atom stereocenters. The minimum Gasteiger partial charge on any atom is -0.426 e. The van der Waals surface area contributed by atoms with Gasteiger partial charge in [-0.1, -0.05) is 57.9 Å². The molecule has 1 aliphatic carbocycles. The van der Waals surface area contributed by atoms with Crippen LogP contribution >= 0.6 is 0 Å². The van der Waals surface area contributed by atoms with Gasteiger partial charge >= 0.3 is 5.97 Å². The Morgan fingerprint density at radius 1 is 0.943 bits per heavy atom. The van der Waals surface area contributed by atoms with E-state index >= 15 is 0 Å². The number of unbranched alkanes of at least 4 members (excludes halogenated alkanes) is 7. The van der Waals surface area contributed by atoms with Crippen LogP contribution in [0.1, 0.15) is 102 Å². The number of hydrogen-bond donors (Lipinski definition) is 0. The third-order valence-corrected chi connectivity index (χ3v) is 7.31. The van der Waals surface area contributed by atoms with Crippen molar-refractivity contribution in [2.24, 2.45) is 11.8 Å². The van der Waals surface area contributed by atoms with Crippen LogP contribution in [0.25, 0.3) is 11.4 Å². The first-order chi connectivity index (χ1) is 17.2. The third-order valence-electron chi connectivity index (χ3n) is 7.31. The van der Waals surface area contributed by atoms with Crippen LogP contribution in [0.3, 0.4) is 0 Å². The molecule has 2 aromatic rings. The Morgan fingerprint density at radius 2 is 1.57 bits per heavy atom. The molecule has 35 heavy (non-hydrogen) atoms. The number of aromatic nitrogens is 2. The molecule has 0 amide bonds. The molecule has 0 aliphatic heterocycles. The van der Waals surface area contributed by atoms with Crippen molar-refractivity contribution in [2.75, 3.05) is 0 Å². The number of esters is 1. The summed E-state index contributed by atoms with van der Waals surface area (Å²) in [6.45, 7) is 6.07. The lowest BCUT2D eigenvalue weighted by Gasteiger charge is -2.26. The number of carbonyl (C=O) groups is 1. The summed E-state index contributed by atoms with van der Waals surface area (Å²) in [5.41, 5.74) is 2.13. The molecular weight excluding hydrogens is 432 g/mol. The zero-order valence-electron chi connectivity index (χ0n) is 21.7. The van der Waals surface area contributed by atoms with E-state index in [0.29, 0.717) is 11.6 Å². The maximum absolute atomic E-state index is 12.6. The van der Waals surface area contributed by atoms with Gasteiger partial charge in [0.15, 0.2) is 5.82 Å². The van der Waals surface area contributed by atoms with Gasteiger partial charge in [-0.15, -0.1) is 6.58 Å². The second-order valence-corrected chi connectivity index (χ2v) is 10.2. The van der Waals surface area contributed by atoms with E-state index in [1.54, 1.807) is 0 Å². The van der Waals surface area contributed by atoms with E-state index in [-0.39, 0.29) is 11.9 Å². The molecule has 1 saturated carbocycles. The van der Waals surface area contributed by atoms with Gasteiger partial charge in [-0.05, 0) is 87.1 Å². The van der Waals surface area contributed by atoms with Gasteiger partial charge in [0.05, 0.1) is 5.92 Å². The first-order valence-corrected chi connectivity index (χ1v) is 13.9. The highest BCUT2D eigenvalue weighted by Crippen LogP contribution is 2.32. The number of nitrogens with zero attached hydrogens (tertiary/aromatic N) is 2. The maximum atomic E-state index is 12.6. The molecule has 0 N–H and O–H groups in total. The van der Waals surface area contributed by atoms with Crippen LogP contribution < -0.4 is 4.74 Å². The molecule has 4 nitrogen and oxygen atoms in total. The van der Waals surface area contributed by atoms with Gasteiger partial charge in [-0.2, -0.15) is 0 Å². The van der Waals surface area contributed by atoms with Crippen LogP contribution in [0, 0.1) is 11.8 Å². The minimum atomic E-state index is -0.0958. The lowest BCUT2D eigenvalue weighted by Crippen LogP contribution is -2.25. The smallest absolute Gasteiger partial charge is 0.314 e. The zero-order valence-corrected chi connectivity index (χ0v) is 21.7. The Morgan fingerprint density at radius 3 is 2.20 bits per heavy atom. The highest BCUT2D eigenvalue weighted by molar-refractivity contribution is 5.75. The Labute approximate surface area is 212 Å². The van der Waals surface area contributed by atoms with Crippen molar-refractivity contribution in [3.05, 3.63) is 54.9 Å². The lowest BCUT2D eigenvalue weighted by molar-refractivity contribution is -0.140. The summed E-state index contributed by atoms with van der Waals surface area (Å²) in [4.78, 5) is 21.7. The molecule has 190 valence electrons. The van der Waals surface area contributed by atoms with E-state index in [9.17, 15) is 4.79 Å². The first-order valence-electron chi connectivity index (χ1n) is 13.9. The molecule has 0 saturated heterocycles. The van der Waals surface area contributed by atoms with Crippen LogP contribution in [0.15, 0.2) is 49.3 Å². The molecular formula is C31H44N2O2. The van der Waals surface area contributed by atoms with Crippen LogP contribution in [-0.4, -0.2) is 15.9 Å². The molecule has 4 heteroatoms. The molecule has 0 radical (unpaired) electrons. The van der Waals surface area contributed by atoms with Crippen molar-refractivity contribution in [1.82, 2.24) is 9.97 Å². The summed E-state index contributed by atoms with van der Waals surface area (Å²) < 4.78 is 5.68. The summed E-state index contributed by atoms with van der Waals surface area (Å²) in [5, 5.41) is 0. The van der Waals surface area contributed by atoms with Crippen molar-refractivity contribution in [3.8, 4) is 17.1 Å². The summed E-state index contributed by atoms with van der Waals surface area (Å²) in [7, 11) is 0. The van der Waals surface area contributed by atoms with Gasteiger partial charge in [0.1, 0.15) is 5.75 Å². The number of rotatable bonds is 15. The standard InChI is InChI=1S/C31H44N2O2/c1-3-5-7-8-9-10-11-12-14-26-23-32-30(33-24-26)27-19-21-29(22-20-27)35-31(34)28-17-15-25(16-18-28)13-6-4-2/h4,19-25,28H,2-3,5-18H2,1H3/t25-,28-. The lowest BCUT2D eigenvalue weighted by atomic mass is 9.80. The number of ether oxygens (including phenoxy) is 1. The average molecular weight is 477 g/mol. The number of allylic oxidation sites excluding steroid dienone is 1. The topological polar surface area (TPSA) is 52.1 Å². The molecule has 3 rings (SSSR count). The molecule has 1 aliphatic rings. The molecule has 1 aromatic heterocycles. The molecule has 0 spiro atoms. The SMILES string of the molecule is C=CCC[C@H]1CC[C@H](C(=O)Oc2ccc(-c3ncc(CCCCCCCCCC)cn3)cc2)CC1. The minimum absolute atomic E-state index is 0.0200. The van der Waals surface area contributed by atoms with Crippen molar-refractivity contribution in [1.29, 1.82) is 0 Å². The van der Waals surface area contributed by atoms with Crippen LogP contribution in [0.2, 0.25) is 0 Å². The van der Waals surface area contributed by atoms with Gasteiger partial charge in [0.25, 0.3) is 0 Å². The van der Waals surface area contributed by atoms with E-state index < -0.39 is 0 Å². The second-order valence-electron chi connectivity index (χ2n) is 10.2. The Hall–Kier alpha value is -2.49. The van der Waals surface area contributed by atoms with E-state index in [1.807, 2.05) is 42.7 Å². The predicted octanol–water partition coefficient (Wildman–Crippen LogP) is 8.50. The van der Waals surface area contributed by atoms with Gasteiger partial charge in [-0.3, -0.25) is 4.79 Å². The number of carbonyl (C=O) groups excluding carboxylic acids is 1. The fraction of sp³-hybridized carbons (Fsp3) is 0.581. The van der Waals surface area contributed by atoms with E-state index in [1.165, 1.54) is 63.4 Å². The summed E-state index contributed by atoms with van der Waals surface area (Å²) in [6.07, 6.45) is 23.9. The Balaban J connectivity index is 1.38. The first kappa shape index (κ1) is 27.1. The summed E-state index contributed by atoms with van der Waals surface area (Å²) in [6, 6.07) is 7.56. The highest BCUT2D eigenvalue weighted by atomic mass is 16.5. The van der Waals surface area contributed by atoms with Gasteiger partial charge < -0.3 is 4.74 Å². The van der Waals surface area contributed by atoms with Crippen molar-refractivity contribution in [2.45, 2.75) is 103 Å². The second kappa shape index (κ2) is 15.5. The third kappa shape index (κ3) is 9.58. The van der Waals surface area contributed by atoms with Crippen LogP contribution in [0.4, 0.5) is 0 Å². The van der Waals surface area contributed by atoms with E-state index in [2.05, 4.69) is 23.5 Å². The van der Waals surface area contributed by atoms with Crippen LogP contribution in [0.5, 0.6) is 5.75 Å². The molecule has 0 bridgehead atoms. The Bertz CT molecular complexity index is 868. The number of benzene rings is 1. The quantitative estimate of drug-likeness (QED) is 0.112. The summed E-state index contributed by atoms with van der Waals surface area (Å²) >= 11 is 0. The predicted molar refractivity (Wildman–Crippen MR) is 144 cm³/mol. The monoisotopic (exact) mass is 476 g/mol. The normalized spacial score (nSPS) is 17.7. The molecule has 1 heterocycles. The average Bonchev–Trinajstić information content (AvgIpc) is 2.90. The van der Waals surface area contributed by atoms with E-state index in [0.717, 1.165) is 50.0 Å². The van der Waals surface area contributed by atoms with Crippen molar-refractivity contribution < 1.29 is 9.53 Å². The molecule has 0 atom stereocenters. The van der Waals surface area contributed by atoms with E-state index in [4.69, 9.17) is 4.74 Å². The Kier molecular flexibility index (Phi) is 12.0. The largest absolute Gasteiger partial charge is 0.426 e. The van der Waals surface area contributed by atoms with Crippen LogP contribution in [-0.2, 0) is 11.2 Å². The maximum Gasteiger partial charge on any atom is 0.314 e. The fourth-order valence-corrected chi connectivity index (χ4v) is 5.01. The van der Waals surface area contributed by atoms with Crippen molar-refractivity contribution >= 4 is 5.97 Å². The molecule has 1 aromatic carbocycles. The number of aryl methyl sites for hydroxylation is 1.